The van der Waals surface area contributed by atoms with Gasteiger partial charge in [-0.25, -0.2) is 0 Å². The molecule has 0 aliphatic carbocycles. The summed E-state index contributed by atoms with van der Waals surface area (Å²) in [7, 11) is 0. The molecule has 0 amide bonds. The zero-order valence-corrected chi connectivity index (χ0v) is 11.6. The lowest BCUT2D eigenvalue weighted by atomic mass is 10.1. The lowest BCUT2D eigenvalue weighted by Crippen LogP contribution is -2.23. The van der Waals surface area contributed by atoms with Gasteiger partial charge in [0.2, 0.25) is 0 Å². The number of rotatable bonds is 2. The number of hydrogen-bond donors (Lipinski definition) is 0. The predicted octanol–water partition coefficient (Wildman–Crippen LogP) is 3.52. The number of aromatic nitrogens is 2. The molecule has 104 valence electrons. The maximum Gasteiger partial charge on any atom is 0.289 e. The standard InChI is InChI=1S/C17H14N2O2/c1-3-13-7-6-8-14(11-13)17-12(2)18(20)15-9-4-5-10-16(15)19(17)21/h3-11H,1H2,2H3. The Labute approximate surface area is 121 Å². The van der Waals surface area contributed by atoms with E-state index in [1.54, 1.807) is 37.3 Å². The quantitative estimate of drug-likeness (QED) is 0.673. The zero-order valence-electron chi connectivity index (χ0n) is 11.6. The van der Waals surface area contributed by atoms with Gasteiger partial charge in [0.25, 0.3) is 11.2 Å². The molecule has 3 rings (SSSR count). The van der Waals surface area contributed by atoms with Crippen molar-refractivity contribution >= 4 is 17.1 Å². The SMILES string of the molecule is C=Cc1cccc(-c2c(C)n([O-])c3ccccc3[n+]2=O)c1. The second-order valence-corrected chi connectivity index (χ2v) is 4.84. The van der Waals surface area contributed by atoms with E-state index in [0.717, 1.165) is 14.7 Å². The van der Waals surface area contributed by atoms with Crippen LogP contribution in [0.1, 0.15) is 11.3 Å². The molecule has 4 nitrogen and oxygen atoms in total. The van der Waals surface area contributed by atoms with E-state index < -0.39 is 0 Å². The minimum Gasteiger partial charge on any atom is -0.805 e. The first kappa shape index (κ1) is 13.1. The summed E-state index contributed by atoms with van der Waals surface area (Å²) in [6, 6.07) is 14.2. The van der Waals surface area contributed by atoms with Crippen LogP contribution in [0.4, 0.5) is 0 Å². The van der Waals surface area contributed by atoms with Crippen molar-refractivity contribution in [3.05, 3.63) is 76.5 Å². The van der Waals surface area contributed by atoms with Gasteiger partial charge in [-0.2, -0.15) is 0 Å². The molecule has 4 heteroatoms. The van der Waals surface area contributed by atoms with Crippen molar-refractivity contribution in [1.82, 2.24) is 4.73 Å². The third-order valence-electron chi connectivity index (χ3n) is 3.57. The van der Waals surface area contributed by atoms with E-state index in [1.807, 2.05) is 24.3 Å². The summed E-state index contributed by atoms with van der Waals surface area (Å²) in [5.74, 6) is 0. The Bertz CT molecular complexity index is 910. The third kappa shape index (κ3) is 2.01. The summed E-state index contributed by atoms with van der Waals surface area (Å²) in [6.45, 7) is 5.38. The Morgan fingerprint density at radius 3 is 2.71 bits per heavy atom. The highest BCUT2D eigenvalue weighted by atomic mass is 16.5. The molecular formula is C17H14N2O2. The lowest BCUT2D eigenvalue weighted by molar-refractivity contribution is -0.452. The van der Waals surface area contributed by atoms with Crippen molar-refractivity contribution in [3.63, 3.8) is 0 Å². The van der Waals surface area contributed by atoms with E-state index in [-0.39, 0.29) is 0 Å². The van der Waals surface area contributed by atoms with Gasteiger partial charge in [-0.3, -0.25) is 0 Å². The highest BCUT2D eigenvalue weighted by Crippen LogP contribution is 2.23. The smallest absolute Gasteiger partial charge is 0.289 e. The van der Waals surface area contributed by atoms with Crippen LogP contribution >= 0.6 is 0 Å². The minimum atomic E-state index is 0.358. The van der Waals surface area contributed by atoms with Gasteiger partial charge in [-0.1, -0.05) is 36.9 Å². The molecule has 0 bridgehead atoms. The van der Waals surface area contributed by atoms with Crippen LogP contribution in [0, 0.1) is 17.0 Å². The summed E-state index contributed by atoms with van der Waals surface area (Å²) in [5, 5.41) is 12.4. The second kappa shape index (κ2) is 4.90. The van der Waals surface area contributed by atoms with Gasteiger partial charge < -0.3 is 9.94 Å². The van der Waals surface area contributed by atoms with Crippen LogP contribution in [0.25, 0.3) is 28.4 Å². The second-order valence-electron chi connectivity index (χ2n) is 4.84. The van der Waals surface area contributed by atoms with Gasteiger partial charge in [-0.05, 0) is 30.7 Å². The van der Waals surface area contributed by atoms with Crippen molar-refractivity contribution in [2.45, 2.75) is 6.92 Å². The van der Waals surface area contributed by atoms with Gasteiger partial charge in [-0.15, -0.1) is 0 Å². The van der Waals surface area contributed by atoms with Gasteiger partial charge in [0, 0.05) is 11.0 Å². The van der Waals surface area contributed by atoms with Crippen LogP contribution in [-0.4, -0.2) is 4.73 Å². The molecule has 0 saturated heterocycles. The monoisotopic (exact) mass is 278 g/mol. The molecule has 0 unspecified atom stereocenters. The molecule has 0 atom stereocenters. The summed E-state index contributed by atoms with van der Waals surface area (Å²) in [5.41, 5.74) is 3.08. The van der Waals surface area contributed by atoms with Gasteiger partial charge in [0.1, 0.15) is 5.52 Å². The Hall–Kier alpha value is -2.88. The molecule has 0 fully saturated rings. The van der Waals surface area contributed by atoms with Crippen molar-refractivity contribution in [2.24, 2.45) is 0 Å². The Morgan fingerprint density at radius 1 is 1.19 bits per heavy atom. The van der Waals surface area contributed by atoms with Gasteiger partial charge >= 0.3 is 0 Å². The third-order valence-corrected chi connectivity index (χ3v) is 3.57. The van der Waals surface area contributed by atoms with Crippen molar-refractivity contribution in [3.8, 4) is 11.3 Å². The van der Waals surface area contributed by atoms with E-state index in [0.29, 0.717) is 28.0 Å². The highest BCUT2D eigenvalue weighted by Gasteiger charge is 2.21. The Kier molecular flexibility index (Phi) is 3.06. The molecule has 0 aliphatic heterocycles. The van der Waals surface area contributed by atoms with E-state index in [9.17, 15) is 10.1 Å². The fraction of sp³-hybridized carbons (Fsp3) is 0.0588. The van der Waals surface area contributed by atoms with Crippen LogP contribution < -0.4 is 4.43 Å². The number of nitrogens with zero attached hydrogens (tertiary/aromatic N) is 2. The highest BCUT2D eigenvalue weighted by molar-refractivity contribution is 5.75. The topological polar surface area (TPSA) is 51.0 Å². The summed E-state index contributed by atoms with van der Waals surface area (Å²) in [6.07, 6.45) is 1.71. The number of fused-ring (bicyclic) bond motifs is 1. The normalized spacial score (nSPS) is 10.7. The Balaban J connectivity index is 2.42. The largest absolute Gasteiger partial charge is 0.805 e. The van der Waals surface area contributed by atoms with Crippen LogP contribution in [0.3, 0.4) is 0 Å². The zero-order chi connectivity index (χ0) is 15.0. The average Bonchev–Trinajstić information content (AvgIpc) is 2.53. The molecule has 0 aliphatic rings. The number of benzene rings is 2. The van der Waals surface area contributed by atoms with Crippen LogP contribution in [0.15, 0.2) is 55.1 Å². The molecule has 0 saturated carbocycles. The molecule has 0 radical (unpaired) electrons. The van der Waals surface area contributed by atoms with E-state index >= 15 is 0 Å². The first-order chi connectivity index (χ1) is 10.1. The van der Waals surface area contributed by atoms with Gasteiger partial charge in [0.05, 0.1) is 15.7 Å². The molecule has 2 aromatic carbocycles. The van der Waals surface area contributed by atoms with E-state index in [4.69, 9.17) is 0 Å². The lowest BCUT2D eigenvalue weighted by Gasteiger charge is -2.16. The van der Waals surface area contributed by atoms with E-state index in [1.165, 1.54) is 0 Å². The van der Waals surface area contributed by atoms with Crippen molar-refractivity contribution < 1.29 is 4.43 Å². The fourth-order valence-corrected chi connectivity index (χ4v) is 2.49. The average molecular weight is 278 g/mol. The van der Waals surface area contributed by atoms with Crippen LogP contribution in [-0.2, 0) is 0 Å². The molecule has 1 heterocycles. The molecular weight excluding hydrogens is 264 g/mol. The maximum atomic E-state index is 12.6. The number of hydrogen-bond acceptors (Lipinski definition) is 2. The van der Waals surface area contributed by atoms with Crippen molar-refractivity contribution in [1.29, 1.82) is 0 Å². The predicted molar refractivity (Wildman–Crippen MR) is 84.3 cm³/mol. The van der Waals surface area contributed by atoms with E-state index in [2.05, 4.69) is 6.58 Å². The first-order valence-corrected chi connectivity index (χ1v) is 6.61. The fourth-order valence-electron chi connectivity index (χ4n) is 2.49. The maximum absolute atomic E-state index is 12.6. The summed E-state index contributed by atoms with van der Waals surface area (Å²) < 4.78 is 1.63. The molecule has 21 heavy (non-hydrogen) atoms. The molecule has 1 aromatic heterocycles. The molecule has 3 aromatic rings. The number of para-hydroxylation sites is 2. The Morgan fingerprint density at radius 2 is 1.95 bits per heavy atom. The first-order valence-electron chi connectivity index (χ1n) is 6.61. The summed E-state index contributed by atoms with van der Waals surface area (Å²) in [4.78, 5) is 12.6. The molecule has 0 spiro atoms. The minimum absolute atomic E-state index is 0.358. The van der Waals surface area contributed by atoms with Gasteiger partial charge in [0.15, 0.2) is 0 Å². The van der Waals surface area contributed by atoms with Crippen LogP contribution in [0.5, 0.6) is 0 Å². The molecule has 0 N–H and O–H groups in total. The summed E-state index contributed by atoms with van der Waals surface area (Å²) >= 11 is 0. The van der Waals surface area contributed by atoms with Crippen LogP contribution in [0.2, 0.25) is 0 Å². The van der Waals surface area contributed by atoms with Crippen molar-refractivity contribution in [2.75, 3.05) is 0 Å².